The zero-order chi connectivity index (χ0) is 12.1. The summed E-state index contributed by atoms with van der Waals surface area (Å²) < 4.78 is 17.6. The average molecular weight is 289 g/mol. The Balaban J connectivity index is 2.59. The van der Waals surface area contributed by atoms with Gasteiger partial charge in [0.1, 0.15) is 5.82 Å². The Hall–Kier alpha value is -0.900. The monoisotopic (exact) mass is 288 g/mol. The van der Waals surface area contributed by atoms with E-state index in [1.807, 2.05) is 0 Å². The maximum atomic E-state index is 13.0. The Kier molecular flexibility index (Phi) is 4.93. The lowest BCUT2D eigenvalue weighted by molar-refractivity contribution is -0.140. The van der Waals surface area contributed by atoms with E-state index in [0.29, 0.717) is 18.4 Å². The molecule has 4 heteroatoms. The average Bonchev–Trinajstić information content (AvgIpc) is 2.23. The molecule has 0 aliphatic carbocycles. The molecule has 16 heavy (non-hydrogen) atoms. The Morgan fingerprint density at radius 3 is 2.81 bits per heavy atom. The van der Waals surface area contributed by atoms with Crippen LogP contribution in [0.15, 0.2) is 18.2 Å². The molecule has 88 valence electrons. The van der Waals surface area contributed by atoms with Crippen LogP contribution in [0, 0.1) is 12.7 Å². The van der Waals surface area contributed by atoms with Crippen LogP contribution in [0.5, 0.6) is 0 Å². The second-order valence-electron chi connectivity index (χ2n) is 3.67. The molecular weight excluding hydrogens is 275 g/mol. The van der Waals surface area contributed by atoms with Crippen LogP contribution >= 0.6 is 15.9 Å². The van der Waals surface area contributed by atoms with Gasteiger partial charge in [-0.15, -0.1) is 0 Å². The lowest BCUT2D eigenvalue weighted by atomic mass is 10.1. The summed E-state index contributed by atoms with van der Waals surface area (Å²) in [5.74, 6) is -0.455. The van der Waals surface area contributed by atoms with Gasteiger partial charge in [0.15, 0.2) is 0 Å². The minimum Gasteiger partial charge on any atom is -0.469 e. The minimum absolute atomic E-state index is 0.0183. The highest BCUT2D eigenvalue weighted by Gasteiger charge is 2.12. The molecule has 0 heterocycles. The molecule has 0 radical (unpaired) electrons. The zero-order valence-electron chi connectivity index (χ0n) is 9.30. The number of ether oxygens (including phenoxy) is 1. The number of esters is 1. The van der Waals surface area contributed by atoms with E-state index >= 15 is 0 Å². The summed E-state index contributed by atoms with van der Waals surface area (Å²) >= 11 is 3.40. The van der Waals surface area contributed by atoms with Crippen LogP contribution in [0.25, 0.3) is 0 Å². The molecule has 1 rings (SSSR count). The zero-order valence-corrected chi connectivity index (χ0v) is 10.9. The van der Waals surface area contributed by atoms with E-state index in [1.54, 1.807) is 19.1 Å². The summed E-state index contributed by atoms with van der Waals surface area (Å²) in [5.41, 5.74) is 1.62. The SMILES string of the molecule is COC(=O)CC(Br)Cc1ccc(F)c(C)c1. The molecule has 0 spiro atoms. The Labute approximate surface area is 103 Å². The maximum Gasteiger partial charge on any atom is 0.306 e. The molecular formula is C12H14BrFO2. The molecule has 0 saturated carbocycles. The van der Waals surface area contributed by atoms with Crippen LogP contribution in [0.4, 0.5) is 4.39 Å². The highest BCUT2D eigenvalue weighted by Crippen LogP contribution is 2.16. The van der Waals surface area contributed by atoms with Crippen LogP contribution in [-0.4, -0.2) is 17.9 Å². The van der Waals surface area contributed by atoms with Crippen molar-refractivity contribution in [3.05, 3.63) is 35.1 Å². The van der Waals surface area contributed by atoms with Gasteiger partial charge >= 0.3 is 5.97 Å². The lowest BCUT2D eigenvalue weighted by Gasteiger charge is -2.09. The van der Waals surface area contributed by atoms with E-state index in [2.05, 4.69) is 20.7 Å². The van der Waals surface area contributed by atoms with E-state index in [-0.39, 0.29) is 16.6 Å². The predicted molar refractivity (Wildman–Crippen MR) is 64.2 cm³/mol. The second-order valence-corrected chi connectivity index (χ2v) is 4.96. The first-order valence-corrected chi connectivity index (χ1v) is 5.90. The van der Waals surface area contributed by atoms with Crippen molar-refractivity contribution in [2.75, 3.05) is 7.11 Å². The molecule has 0 aliphatic heterocycles. The Morgan fingerprint density at radius 1 is 1.56 bits per heavy atom. The number of methoxy groups -OCH3 is 1. The van der Waals surface area contributed by atoms with Crippen molar-refractivity contribution in [3.8, 4) is 0 Å². The number of aryl methyl sites for hydroxylation is 1. The van der Waals surface area contributed by atoms with Crippen molar-refractivity contribution in [1.82, 2.24) is 0 Å². The quantitative estimate of drug-likeness (QED) is 0.629. The van der Waals surface area contributed by atoms with E-state index in [9.17, 15) is 9.18 Å². The number of carbonyl (C=O) groups excluding carboxylic acids is 1. The Bertz CT molecular complexity index is 379. The van der Waals surface area contributed by atoms with Crippen molar-refractivity contribution >= 4 is 21.9 Å². The highest BCUT2D eigenvalue weighted by atomic mass is 79.9. The topological polar surface area (TPSA) is 26.3 Å². The van der Waals surface area contributed by atoms with Gasteiger partial charge in [-0.25, -0.2) is 4.39 Å². The molecule has 0 N–H and O–H groups in total. The summed E-state index contributed by atoms with van der Waals surface area (Å²) in [6.07, 6.45) is 0.989. The molecule has 1 aromatic rings. The fourth-order valence-electron chi connectivity index (χ4n) is 1.43. The van der Waals surface area contributed by atoms with Gasteiger partial charge in [0.25, 0.3) is 0 Å². The summed E-state index contributed by atoms with van der Waals surface area (Å²) in [5, 5.41) is 0. The number of carbonyl (C=O) groups is 1. The van der Waals surface area contributed by atoms with Gasteiger partial charge in [-0.3, -0.25) is 4.79 Å². The molecule has 0 fully saturated rings. The third kappa shape index (κ3) is 3.93. The van der Waals surface area contributed by atoms with Crippen LogP contribution in [0.3, 0.4) is 0 Å². The molecule has 1 aromatic carbocycles. The summed E-state index contributed by atoms with van der Waals surface area (Å²) in [7, 11) is 1.37. The van der Waals surface area contributed by atoms with Crippen molar-refractivity contribution < 1.29 is 13.9 Å². The van der Waals surface area contributed by atoms with E-state index in [0.717, 1.165) is 5.56 Å². The summed E-state index contributed by atoms with van der Waals surface area (Å²) in [6, 6.07) is 4.97. The Morgan fingerprint density at radius 2 is 2.25 bits per heavy atom. The number of benzene rings is 1. The van der Waals surface area contributed by atoms with E-state index < -0.39 is 0 Å². The molecule has 1 atom stereocenters. The second kappa shape index (κ2) is 5.99. The van der Waals surface area contributed by atoms with Gasteiger partial charge in [-0.05, 0) is 30.5 Å². The van der Waals surface area contributed by atoms with Crippen LogP contribution < -0.4 is 0 Å². The molecule has 0 aliphatic rings. The molecule has 1 unspecified atom stereocenters. The lowest BCUT2D eigenvalue weighted by Crippen LogP contribution is -2.11. The molecule has 0 saturated heterocycles. The summed E-state index contributed by atoms with van der Waals surface area (Å²) in [6.45, 7) is 1.72. The largest absolute Gasteiger partial charge is 0.469 e. The fraction of sp³-hybridized carbons (Fsp3) is 0.417. The highest BCUT2D eigenvalue weighted by molar-refractivity contribution is 9.09. The standard InChI is InChI=1S/C12H14BrFO2/c1-8-5-9(3-4-11(8)14)6-10(13)7-12(15)16-2/h3-5,10H,6-7H2,1-2H3. The normalized spacial score (nSPS) is 12.2. The predicted octanol–water partition coefficient (Wildman–Crippen LogP) is 3.00. The van der Waals surface area contributed by atoms with Crippen molar-refractivity contribution in [2.45, 2.75) is 24.6 Å². The van der Waals surface area contributed by atoms with E-state index in [1.165, 1.54) is 13.2 Å². The van der Waals surface area contributed by atoms with Crippen LogP contribution in [-0.2, 0) is 16.0 Å². The number of halogens is 2. The molecule has 2 nitrogen and oxygen atoms in total. The number of hydrogen-bond acceptors (Lipinski definition) is 2. The van der Waals surface area contributed by atoms with Crippen molar-refractivity contribution in [1.29, 1.82) is 0 Å². The van der Waals surface area contributed by atoms with Gasteiger partial charge in [0.2, 0.25) is 0 Å². The molecule has 0 amide bonds. The first-order valence-electron chi connectivity index (χ1n) is 4.99. The van der Waals surface area contributed by atoms with Gasteiger partial charge in [0.05, 0.1) is 13.5 Å². The maximum absolute atomic E-state index is 13.0. The van der Waals surface area contributed by atoms with Gasteiger partial charge in [-0.2, -0.15) is 0 Å². The van der Waals surface area contributed by atoms with Crippen LogP contribution in [0.2, 0.25) is 0 Å². The van der Waals surface area contributed by atoms with E-state index in [4.69, 9.17) is 0 Å². The number of hydrogen-bond donors (Lipinski definition) is 0. The smallest absolute Gasteiger partial charge is 0.306 e. The summed E-state index contributed by atoms with van der Waals surface area (Å²) in [4.78, 5) is 11.0. The third-order valence-corrected chi connectivity index (χ3v) is 2.94. The van der Waals surface area contributed by atoms with Crippen LogP contribution in [0.1, 0.15) is 17.5 Å². The van der Waals surface area contributed by atoms with Gasteiger partial charge < -0.3 is 4.74 Å². The van der Waals surface area contributed by atoms with Gasteiger partial charge in [0, 0.05) is 4.83 Å². The number of alkyl halides is 1. The first-order chi connectivity index (χ1) is 7.52. The minimum atomic E-state index is -0.249. The third-order valence-electron chi connectivity index (χ3n) is 2.30. The fourth-order valence-corrected chi connectivity index (χ4v) is 2.06. The van der Waals surface area contributed by atoms with Crippen molar-refractivity contribution in [3.63, 3.8) is 0 Å². The molecule has 0 aromatic heterocycles. The first kappa shape index (κ1) is 13.2. The van der Waals surface area contributed by atoms with Crippen molar-refractivity contribution in [2.24, 2.45) is 0 Å². The van der Waals surface area contributed by atoms with Gasteiger partial charge in [-0.1, -0.05) is 28.1 Å². The molecule has 0 bridgehead atoms. The number of rotatable bonds is 4.